The number of rotatable bonds is 3. The van der Waals surface area contributed by atoms with Gasteiger partial charge in [-0.1, -0.05) is 11.6 Å². The van der Waals surface area contributed by atoms with Gasteiger partial charge in [0.1, 0.15) is 6.54 Å². The normalized spacial score (nSPS) is 12.7. The van der Waals surface area contributed by atoms with Crippen molar-refractivity contribution in [1.82, 2.24) is 4.72 Å². The summed E-state index contributed by atoms with van der Waals surface area (Å²) < 4.78 is 59.9. The quantitative estimate of drug-likeness (QED) is 0.833. The zero-order chi connectivity index (χ0) is 13.3. The van der Waals surface area contributed by atoms with Crippen LogP contribution in [-0.2, 0) is 10.0 Å². The van der Waals surface area contributed by atoms with Crippen LogP contribution in [0.2, 0.25) is 5.02 Å². The average Bonchev–Trinajstić information content (AvgIpc) is 2.18. The molecule has 1 rings (SSSR count). The molecule has 17 heavy (non-hydrogen) atoms. The van der Waals surface area contributed by atoms with Crippen molar-refractivity contribution >= 4 is 27.3 Å². The van der Waals surface area contributed by atoms with Crippen molar-refractivity contribution in [1.29, 1.82) is 0 Å². The van der Waals surface area contributed by atoms with Gasteiger partial charge in [-0.25, -0.2) is 13.1 Å². The van der Waals surface area contributed by atoms with Gasteiger partial charge < -0.3 is 5.73 Å². The maximum absolute atomic E-state index is 11.9. The van der Waals surface area contributed by atoms with Crippen LogP contribution in [0.15, 0.2) is 23.1 Å². The van der Waals surface area contributed by atoms with Crippen LogP contribution in [0, 0.1) is 0 Å². The Hall–Kier alpha value is -0.990. The fraction of sp³-hybridized carbons (Fsp3) is 0.250. The fourth-order valence-corrected chi connectivity index (χ4v) is 2.22. The van der Waals surface area contributed by atoms with Crippen LogP contribution < -0.4 is 10.5 Å². The van der Waals surface area contributed by atoms with E-state index in [1.165, 1.54) is 10.8 Å². The number of benzene rings is 1. The lowest BCUT2D eigenvalue weighted by atomic mass is 10.3. The van der Waals surface area contributed by atoms with Crippen molar-refractivity contribution < 1.29 is 21.6 Å². The van der Waals surface area contributed by atoms with Gasteiger partial charge in [0.25, 0.3) is 0 Å². The van der Waals surface area contributed by atoms with Gasteiger partial charge >= 0.3 is 6.18 Å². The molecule has 0 aromatic heterocycles. The highest BCUT2D eigenvalue weighted by Crippen LogP contribution is 2.22. The smallest absolute Gasteiger partial charge is 0.398 e. The highest BCUT2D eigenvalue weighted by atomic mass is 35.5. The Morgan fingerprint density at radius 2 is 1.94 bits per heavy atom. The van der Waals surface area contributed by atoms with E-state index in [1.807, 2.05) is 0 Å². The van der Waals surface area contributed by atoms with Crippen LogP contribution in [-0.4, -0.2) is 21.1 Å². The molecule has 0 unspecified atom stereocenters. The molecule has 3 N–H and O–H groups in total. The van der Waals surface area contributed by atoms with Crippen molar-refractivity contribution in [2.45, 2.75) is 11.1 Å². The number of hydrogen-bond donors (Lipinski definition) is 2. The first-order valence-electron chi connectivity index (χ1n) is 4.23. The van der Waals surface area contributed by atoms with E-state index in [1.54, 1.807) is 0 Å². The lowest BCUT2D eigenvalue weighted by Crippen LogP contribution is -2.33. The van der Waals surface area contributed by atoms with E-state index in [9.17, 15) is 21.6 Å². The van der Waals surface area contributed by atoms with Crippen LogP contribution in [0.3, 0.4) is 0 Å². The number of sulfonamides is 1. The monoisotopic (exact) mass is 288 g/mol. The first-order valence-corrected chi connectivity index (χ1v) is 6.09. The Labute approximate surface area is 101 Å². The zero-order valence-corrected chi connectivity index (χ0v) is 9.83. The Kier molecular flexibility index (Phi) is 3.90. The molecule has 0 fully saturated rings. The van der Waals surface area contributed by atoms with E-state index in [2.05, 4.69) is 0 Å². The largest absolute Gasteiger partial charge is 0.402 e. The van der Waals surface area contributed by atoms with E-state index in [4.69, 9.17) is 17.3 Å². The molecule has 1 aromatic carbocycles. The SMILES string of the molecule is Nc1ccc(S(=O)(=O)NCC(F)(F)F)cc1Cl. The van der Waals surface area contributed by atoms with Gasteiger partial charge in [0.15, 0.2) is 0 Å². The maximum Gasteiger partial charge on any atom is 0.402 e. The number of nitrogens with one attached hydrogen (secondary N) is 1. The molecule has 0 aliphatic rings. The van der Waals surface area contributed by atoms with Crippen LogP contribution in [0.4, 0.5) is 18.9 Å². The summed E-state index contributed by atoms with van der Waals surface area (Å²) in [6, 6.07) is 3.25. The van der Waals surface area contributed by atoms with Gasteiger partial charge in [-0.2, -0.15) is 13.2 Å². The second kappa shape index (κ2) is 4.71. The van der Waals surface area contributed by atoms with Crippen LogP contribution in [0.25, 0.3) is 0 Å². The Morgan fingerprint density at radius 1 is 1.35 bits per heavy atom. The summed E-state index contributed by atoms with van der Waals surface area (Å²) >= 11 is 5.57. The summed E-state index contributed by atoms with van der Waals surface area (Å²) in [4.78, 5) is -0.374. The number of nitrogen functional groups attached to an aromatic ring is 1. The molecule has 0 atom stereocenters. The topological polar surface area (TPSA) is 72.2 Å². The molecular formula is C8H8ClF3N2O2S. The lowest BCUT2D eigenvalue weighted by molar-refractivity contribution is -0.121. The fourth-order valence-electron chi connectivity index (χ4n) is 0.935. The minimum Gasteiger partial charge on any atom is -0.398 e. The van der Waals surface area contributed by atoms with E-state index < -0.39 is 22.7 Å². The summed E-state index contributed by atoms with van der Waals surface area (Å²) in [6.45, 7) is -1.64. The van der Waals surface area contributed by atoms with Gasteiger partial charge in [-0.05, 0) is 18.2 Å². The molecule has 0 saturated carbocycles. The highest BCUT2D eigenvalue weighted by Gasteiger charge is 2.30. The number of nitrogens with two attached hydrogens (primary N) is 1. The zero-order valence-electron chi connectivity index (χ0n) is 8.25. The highest BCUT2D eigenvalue weighted by molar-refractivity contribution is 7.89. The molecule has 0 saturated heterocycles. The molecule has 0 heterocycles. The molecule has 0 bridgehead atoms. The predicted molar refractivity (Wildman–Crippen MR) is 57.1 cm³/mol. The molecule has 0 aliphatic carbocycles. The summed E-state index contributed by atoms with van der Waals surface area (Å²) in [5, 5.41) is -0.0418. The van der Waals surface area contributed by atoms with E-state index in [0.717, 1.165) is 12.1 Å². The van der Waals surface area contributed by atoms with Gasteiger partial charge in [-0.15, -0.1) is 0 Å². The number of hydrogen-bond acceptors (Lipinski definition) is 3. The third-order valence-electron chi connectivity index (χ3n) is 1.74. The molecule has 0 aliphatic heterocycles. The Balaban J connectivity index is 2.94. The standard InChI is InChI=1S/C8H8ClF3N2O2S/c9-6-3-5(1-2-7(6)13)17(15,16)14-4-8(10,11)12/h1-3,14H,4,13H2. The predicted octanol–water partition coefficient (Wildman–Crippen LogP) is 1.76. The maximum atomic E-state index is 11.9. The molecule has 1 aromatic rings. The molecule has 4 nitrogen and oxygen atoms in total. The Morgan fingerprint density at radius 3 is 2.41 bits per heavy atom. The summed E-state index contributed by atoms with van der Waals surface area (Å²) in [7, 11) is -4.24. The third-order valence-corrected chi connectivity index (χ3v) is 3.47. The van der Waals surface area contributed by atoms with Gasteiger partial charge in [0, 0.05) is 0 Å². The molecule has 0 spiro atoms. The second-order valence-corrected chi connectivity index (χ2v) is 5.30. The lowest BCUT2D eigenvalue weighted by Gasteiger charge is -2.09. The number of alkyl halides is 3. The number of anilines is 1. The second-order valence-electron chi connectivity index (χ2n) is 3.12. The minimum atomic E-state index is -4.62. The minimum absolute atomic E-state index is 0.0418. The van der Waals surface area contributed by atoms with Crippen LogP contribution in [0.1, 0.15) is 0 Å². The van der Waals surface area contributed by atoms with E-state index in [0.29, 0.717) is 0 Å². The van der Waals surface area contributed by atoms with Crippen molar-refractivity contribution in [2.75, 3.05) is 12.3 Å². The van der Waals surface area contributed by atoms with E-state index >= 15 is 0 Å². The van der Waals surface area contributed by atoms with Crippen molar-refractivity contribution in [3.63, 3.8) is 0 Å². The molecule has 96 valence electrons. The Bertz CT molecular complexity index is 516. The van der Waals surface area contributed by atoms with Gasteiger partial charge in [0.05, 0.1) is 15.6 Å². The summed E-state index contributed by atoms with van der Waals surface area (Å²) in [6.07, 6.45) is -4.62. The molecular weight excluding hydrogens is 281 g/mol. The van der Waals surface area contributed by atoms with Crippen LogP contribution >= 0.6 is 11.6 Å². The molecule has 0 amide bonds. The van der Waals surface area contributed by atoms with Gasteiger partial charge in [0.2, 0.25) is 10.0 Å². The van der Waals surface area contributed by atoms with Crippen molar-refractivity contribution in [3.05, 3.63) is 23.2 Å². The first kappa shape index (κ1) is 14.1. The van der Waals surface area contributed by atoms with Crippen LogP contribution in [0.5, 0.6) is 0 Å². The summed E-state index contributed by atoms with van der Waals surface area (Å²) in [5.41, 5.74) is 5.49. The average molecular weight is 289 g/mol. The van der Waals surface area contributed by atoms with Gasteiger partial charge in [-0.3, -0.25) is 0 Å². The first-order chi connectivity index (χ1) is 7.62. The van der Waals surface area contributed by atoms with Crippen molar-refractivity contribution in [2.24, 2.45) is 0 Å². The summed E-state index contributed by atoms with van der Waals surface area (Å²) in [5.74, 6) is 0. The third kappa shape index (κ3) is 4.06. The number of halogens is 4. The molecule has 9 heteroatoms. The van der Waals surface area contributed by atoms with E-state index in [-0.39, 0.29) is 15.6 Å². The molecule has 0 radical (unpaired) electrons. The van der Waals surface area contributed by atoms with Crippen molar-refractivity contribution in [3.8, 4) is 0 Å².